The van der Waals surface area contributed by atoms with Crippen molar-refractivity contribution in [3.8, 4) is 0 Å². The van der Waals surface area contributed by atoms with Crippen molar-refractivity contribution < 1.29 is 10.0 Å². The SMILES string of the molecule is CCN(CC(C)/C(N)=N/O)C(=O)c1cccc(C)c1I. The van der Waals surface area contributed by atoms with Crippen molar-refractivity contribution >= 4 is 34.3 Å². The van der Waals surface area contributed by atoms with Crippen LogP contribution in [0.3, 0.4) is 0 Å². The van der Waals surface area contributed by atoms with Crippen LogP contribution in [0, 0.1) is 16.4 Å². The Morgan fingerprint density at radius 1 is 1.55 bits per heavy atom. The molecule has 110 valence electrons. The fraction of sp³-hybridized carbons (Fsp3) is 0.429. The average Bonchev–Trinajstić information content (AvgIpc) is 2.45. The summed E-state index contributed by atoms with van der Waals surface area (Å²) in [6.07, 6.45) is 0. The fourth-order valence-electron chi connectivity index (χ4n) is 1.86. The van der Waals surface area contributed by atoms with Gasteiger partial charge in [-0.05, 0) is 48.1 Å². The number of benzene rings is 1. The van der Waals surface area contributed by atoms with E-state index in [1.807, 2.05) is 39.0 Å². The van der Waals surface area contributed by atoms with Crippen LogP contribution in [0.25, 0.3) is 0 Å². The van der Waals surface area contributed by atoms with Gasteiger partial charge in [0.2, 0.25) is 0 Å². The number of hydrogen-bond donors (Lipinski definition) is 2. The van der Waals surface area contributed by atoms with Gasteiger partial charge >= 0.3 is 0 Å². The highest BCUT2D eigenvalue weighted by molar-refractivity contribution is 14.1. The molecule has 0 aliphatic carbocycles. The Hall–Kier alpha value is -1.31. The molecule has 1 aromatic carbocycles. The van der Waals surface area contributed by atoms with Crippen molar-refractivity contribution in [1.82, 2.24) is 4.90 Å². The molecule has 1 rings (SSSR count). The van der Waals surface area contributed by atoms with E-state index in [0.29, 0.717) is 18.7 Å². The zero-order valence-corrected chi connectivity index (χ0v) is 14.1. The Kier molecular flexibility index (Phi) is 6.25. The number of hydrogen-bond acceptors (Lipinski definition) is 3. The molecule has 20 heavy (non-hydrogen) atoms. The molecule has 0 aliphatic heterocycles. The van der Waals surface area contributed by atoms with Gasteiger partial charge in [-0.2, -0.15) is 0 Å². The first-order chi connectivity index (χ1) is 9.42. The number of carbonyl (C=O) groups is 1. The quantitative estimate of drug-likeness (QED) is 0.267. The van der Waals surface area contributed by atoms with Gasteiger partial charge in [-0.3, -0.25) is 4.79 Å². The Morgan fingerprint density at radius 2 is 2.20 bits per heavy atom. The number of carbonyl (C=O) groups excluding carboxylic acids is 1. The molecule has 0 saturated carbocycles. The lowest BCUT2D eigenvalue weighted by atomic mass is 10.1. The maximum atomic E-state index is 12.6. The Labute approximate surface area is 133 Å². The minimum Gasteiger partial charge on any atom is -0.409 e. The molecule has 0 radical (unpaired) electrons. The van der Waals surface area contributed by atoms with Crippen LogP contribution in [0.1, 0.15) is 29.8 Å². The van der Waals surface area contributed by atoms with Gasteiger partial charge in [0.05, 0.1) is 5.56 Å². The number of amides is 1. The number of halogens is 1. The number of amidine groups is 1. The molecule has 0 bridgehead atoms. The first-order valence-electron chi connectivity index (χ1n) is 6.44. The molecular weight excluding hydrogens is 369 g/mol. The van der Waals surface area contributed by atoms with Crippen LogP contribution >= 0.6 is 22.6 Å². The minimum absolute atomic E-state index is 0.0295. The van der Waals surface area contributed by atoms with Crippen molar-refractivity contribution in [3.05, 3.63) is 32.9 Å². The highest BCUT2D eigenvalue weighted by atomic mass is 127. The molecule has 3 N–H and O–H groups in total. The van der Waals surface area contributed by atoms with Crippen LogP contribution < -0.4 is 5.73 Å². The summed E-state index contributed by atoms with van der Waals surface area (Å²) in [5.41, 5.74) is 7.35. The van der Waals surface area contributed by atoms with Crippen molar-refractivity contribution in [3.63, 3.8) is 0 Å². The van der Waals surface area contributed by atoms with Gasteiger partial charge in [-0.25, -0.2) is 0 Å². The van der Waals surface area contributed by atoms with E-state index in [-0.39, 0.29) is 17.7 Å². The van der Waals surface area contributed by atoms with E-state index in [1.54, 1.807) is 4.90 Å². The number of nitrogens with zero attached hydrogens (tertiary/aromatic N) is 2. The second-order valence-electron chi connectivity index (χ2n) is 4.71. The summed E-state index contributed by atoms with van der Waals surface area (Å²) in [5, 5.41) is 11.7. The predicted molar refractivity (Wildman–Crippen MR) is 88.0 cm³/mol. The van der Waals surface area contributed by atoms with Gasteiger partial charge in [0.15, 0.2) is 0 Å². The topological polar surface area (TPSA) is 78.9 Å². The molecule has 0 spiro atoms. The first-order valence-corrected chi connectivity index (χ1v) is 7.52. The normalized spacial score (nSPS) is 13.1. The molecular formula is C14H20IN3O2. The van der Waals surface area contributed by atoms with Crippen LogP contribution in [0.15, 0.2) is 23.4 Å². The van der Waals surface area contributed by atoms with Crippen LogP contribution in [0.4, 0.5) is 0 Å². The summed E-state index contributed by atoms with van der Waals surface area (Å²) in [4.78, 5) is 14.3. The summed E-state index contributed by atoms with van der Waals surface area (Å²) < 4.78 is 0.963. The lowest BCUT2D eigenvalue weighted by molar-refractivity contribution is 0.0752. The predicted octanol–water partition coefficient (Wildman–Crippen LogP) is 2.44. The summed E-state index contributed by atoms with van der Waals surface area (Å²) in [7, 11) is 0. The van der Waals surface area contributed by atoms with Crippen LogP contribution in [-0.2, 0) is 0 Å². The van der Waals surface area contributed by atoms with Gasteiger partial charge in [0.25, 0.3) is 5.91 Å². The summed E-state index contributed by atoms with van der Waals surface area (Å²) >= 11 is 2.19. The van der Waals surface area contributed by atoms with Crippen LogP contribution in [0.2, 0.25) is 0 Å². The van der Waals surface area contributed by atoms with Gasteiger partial charge in [-0.15, -0.1) is 0 Å². The molecule has 1 atom stereocenters. The zero-order valence-electron chi connectivity index (χ0n) is 11.9. The van der Waals surface area contributed by atoms with Crippen molar-refractivity contribution in [1.29, 1.82) is 0 Å². The molecule has 1 unspecified atom stereocenters. The van der Waals surface area contributed by atoms with E-state index in [9.17, 15) is 4.79 Å². The molecule has 0 heterocycles. The molecule has 0 saturated heterocycles. The summed E-state index contributed by atoms with van der Waals surface area (Å²) in [6, 6.07) is 5.69. The number of aryl methyl sites for hydroxylation is 1. The van der Waals surface area contributed by atoms with Crippen molar-refractivity contribution in [2.75, 3.05) is 13.1 Å². The molecule has 0 aromatic heterocycles. The third-order valence-corrected chi connectivity index (χ3v) is 4.64. The number of rotatable bonds is 5. The zero-order chi connectivity index (χ0) is 15.3. The lowest BCUT2D eigenvalue weighted by Gasteiger charge is -2.24. The van der Waals surface area contributed by atoms with Crippen molar-refractivity contribution in [2.24, 2.45) is 16.8 Å². The standard InChI is InChI=1S/C14H20IN3O2/c1-4-18(8-10(3)13(16)17-20)14(19)11-7-5-6-9(2)12(11)15/h5-7,10,20H,4,8H2,1-3H3,(H2,16,17). The van der Waals surface area contributed by atoms with Gasteiger partial charge in [0, 0.05) is 22.6 Å². The lowest BCUT2D eigenvalue weighted by Crippen LogP contribution is -2.39. The van der Waals surface area contributed by atoms with Gasteiger partial charge < -0.3 is 15.8 Å². The Balaban J connectivity index is 2.95. The molecule has 5 nitrogen and oxygen atoms in total. The first kappa shape index (κ1) is 16.7. The second kappa shape index (κ2) is 7.47. The largest absolute Gasteiger partial charge is 0.409 e. The van der Waals surface area contributed by atoms with Gasteiger partial charge in [-0.1, -0.05) is 24.2 Å². The fourth-order valence-corrected chi connectivity index (χ4v) is 2.45. The smallest absolute Gasteiger partial charge is 0.254 e. The Bertz CT molecular complexity index is 517. The van der Waals surface area contributed by atoms with E-state index in [2.05, 4.69) is 27.7 Å². The van der Waals surface area contributed by atoms with Gasteiger partial charge in [0.1, 0.15) is 5.84 Å². The molecule has 1 aromatic rings. The van der Waals surface area contributed by atoms with E-state index < -0.39 is 0 Å². The Morgan fingerprint density at radius 3 is 2.75 bits per heavy atom. The van der Waals surface area contributed by atoms with Crippen LogP contribution in [-0.4, -0.2) is 34.9 Å². The molecule has 6 heteroatoms. The maximum absolute atomic E-state index is 12.6. The highest BCUT2D eigenvalue weighted by Gasteiger charge is 2.21. The van der Waals surface area contributed by atoms with Crippen molar-refractivity contribution in [2.45, 2.75) is 20.8 Å². The van der Waals surface area contributed by atoms with E-state index in [4.69, 9.17) is 10.9 Å². The highest BCUT2D eigenvalue weighted by Crippen LogP contribution is 2.19. The summed E-state index contributed by atoms with van der Waals surface area (Å²) in [6.45, 7) is 6.72. The summed E-state index contributed by atoms with van der Waals surface area (Å²) in [5.74, 6) is -0.0836. The third kappa shape index (κ3) is 3.84. The molecule has 0 fully saturated rings. The van der Waals surface area contributed by atoms with E-state index in [0.717, 1.165) is 9.13 Å². The third-order valence-electron chi connectivity index (χ3n) is 3.21. The minimum atomic E-state index is -0.189. The maximum Gasteiger partial charge on any atom is 0.254 e. The van der Waals surface area contributed by atoms with E-state index in [1.165, 1.54) is 0 Å². The monoisotopic (exact) mass is 389 g/mol. The second-order valence-corrected chi connectivity index (χ2v) is 5.78. The number of oxime groups is 1. The van der Waals surface area contributed by atoms with E-state index >= 15 is 0 Å². The molecule has 1 amide bonds. The number of nitrogens with two attached hydrogens (primary N) is 1. The van der Waals surface area contributed by atoms with Crippen LogP contribution in [0.5, 0.6) is 0 Å². The average molecular weight is 389 g/mol. The molecule has 0 aliphatic rings.